The Bertz CT molecular complexity index is 631. The predicted molar refractivity (Wildman–Crippen MR) is 73.4 cm³/mol. The lowest BCUT2D eigenvalue weighted by atomic mass is 10.3. The molecule has 8 nitrogen and oxygen atoms in total. The summed E-state index contributed by atoms with van der Waals surface area (Å²) in [7, 11) is -3.84. The Balaban J connectivity index is 2.34. The highest BCUT2D eigenvalue weighted by Gasteiger charge is 2.39. The summed E-state index contributed by atoms with van der Waals surface area (Å²) >= 11 is 0. The molecule has 2 atom stereocenters. The van der Waals surface area contributed by atoms with Gasteiger partial charge in [0.1, 0.15) is 4.90 Å². The number of non-ortho nitro benzene ring substituents is 1. The van der Waals surface area contributed by atoms with Crippen molar-refractivity contribution in [1.29, 1.82) is 0 Å². The fourth-order valence-electron chi connectivity index (χ4n) is 2.07. The molecule has 1 aromatic rings. The van der Waals surface area contributed by atoms with Crippen molar-refractivity contribution in [3.05, 3.63) is 28.3 Å². The van der Waals surface area contributed by atoms with Crippen LogP contribution in [-0.4, -0.2) is 19.4 Å². The Morgan fingerprint density at radius 3 is 2.70 bits per heavy atom. The van der Waals surface area contributed by atoms with Gasteiger partial charge in [-0.15, -0.1) is 0 Å². The van der Waals surface area contributed by atoms with Gasteiger partial charge in [-0.2, -0.15) is 0 Å². The van der Waals surface area contributed by atoms with Crippen molar-refractivity contribution in [2.75, 3.05) is 5.43 Å². The van der Waals surface area contributed by atoms with Crippen molar-refractivity contribution in [2.24, 2.45) is 11.8 Å². The first-order chi connectivity index (χ1) is 9.39. The van der Waals surface area contributed by atoms with Crippen LogP contribution in [0.2, 0.25) is 0 Å². The van der Waals surface area contributed by atoms with Crippen molar-refractivity contribution in [3.8, 4) is 0 Å². The number of nitro benzene ring substituents is 1. The number of hydrogen-bond acceptors (Lipinski definition) is 6. The molecule has 1 fully saturated rings. The first-order valence-corrected chi connectivity index (χ1v) is 7.64. The minimum absolute atomic E-state index is 0.102. The summed E-state index contributed by atoms with van der Waals surface area (Å²) in [6.45, 7) is 1.99. The van der Waals surface area contributed by atoms with E-state index in [1.54, 1.807) is 0 Å². The van der Waals surface area contributed by atoms with Gasteiger partial charge < -0.3 is 5.43 Å². The van der Waals surface area contributed by atoms with Crippen LogP contribution >= 0.6 is 0 Å². The minimum Gasteiger partial charge on any atom is -0.323 e. The Labute approximate surface area is 116 Å². The van der Waals surface area contributed by atoms with E-state index in [4.69, 9.17) is 5.84 Å². The molecule has 0 aliphatic heterocycles. The van der Waals surface area contributed by atoms with E-state index in [0.29, 0.717) is 5.92 Å². The standard InChI is InChI=1S/C11H16N4O4S/c1-2-7-5-10(7)14-20(18,19)11-6-8(15(16)17)3-4-9(11)13-12/h3-4,6-7,10,13-14H,2,5,12H2,1H3. The summed E-state index contributed by atoms with van der Waals surface area (Å²) in [6.07, 6.45) is 1.68. The van der Waals surface area contributed by atoms with Crippen LogP contribution in [0.1, 0.15) is 19.8 Å². The lowest BCUT2D eigenvalue weighted by Crippen LogP contribution is -2.28. The maximum Gasteiger partial charge on any atom is 0.270 e. The average molecular weight is 300 g/mol. The largest absolute Gasteiger partial charge is 0.323 e. The molecule has 2 rings (SSSR count). The van der Waals surface area contributed by atoms with Crippen LogP contribution in [-0.2, 0) is 10.0 Å². The molecule has 4 N–H and O–H groups in total. The SMILES string of the molecule is CCC1CC1NS(=O)(=O)c1cc([N+](=O)[O-])ccc1NN. The highest BCUT2D eigenvalue weighted by molar-refractivity contribution is 7.89. The van der Waals surface area contributed by atoms with Crippen molar-refractivity contribution < 1.29 is 13.3 Å². The molecule has 1 saturated carbocycles. The fourth-order valence-corrected chi connectivity index (χ4v) is 3.58. The van der Waals surface area contributed by atoms with Gasteiger partial charge in [0, 0.05) is 18.2 Å². The Hall–Kier alpha value is -1.71. The van der Waals surface area contributed by atoms with E-state index in [1.807, 2.05) is 6.92 Å². The second kappa shape index (κ2) is 5.35. The van der Waals surface area contributed by atoms with Gasteiger partial charge >= 0.3 is 0 Å². The number of hydrazine groups is 1. The van der Waals surface area contributed by atoms with Gasteiger partial charge in [-0.05, 0) is 18.4 Å². The Morgan fingerprint density at radius 1 is 1.50 bits per heavy atom. The Morgan fingerprint density at radius 2 is 2.20 bits per heavy atom. The van der Waals surface area contributed by atoms with Crippen LogP contribution in [0, 0.1) is 16.0 Å². The summed E-state index contributed by atoms with van der Waals surface area (Å²) in [5.41, 5.74) is 2.07. The van der Waals surface area contributed by atoms with Gasteiger partial charge in [0.25, 0.3) is 5.69 Å². The van der Waals surface area contributed by atoms with E-state index in [1.165, 1.54) is 12.1 Å². The third-order valence-corrected chi connectivity index (χ3v) is 4.90. The molecular formula is C11H16N4O4S. The monoisotopic (exact) mass is 300 g/mol. The van der Waals surface area contributed by atoms with E-state index in [2.05, 4.69) is 10.1 Å². The topological polar surface area (TPSA) is 127 Å². The van der Waals surface area contributed by atoms with Crippen molar-refractivity contribution in [1.82, 2.24) is 4.72 Å². The third-order valence-electron chi connectivity index (χ3n) is 3.37. The maximum atomic E-state index is 12.3. The molecule has 0 amide bonds. The van der Waals surface area contributed by atoms with Crippen LogP contribution in [0.25, 0.3) is 0 Å². The van der Waals surface area contributed by atoms with Gasteiger partial charge in [0.15, 0.2) is 0 Å². The van der Waals surface area contributed by atoms with Gasteiger partial charge in [0.05, 0.1) is 10.6 Å². The van der Waals surface area contributed by atoms with E-state index in [0.717, 1.165) is 18.9 Å². The van der Waals surface area contributed by atoms with Crippen LogP contribution in [0.5, 0.6) is 0 Å². The molecular weight excluding hydrogens is 284 g/mol. The molecule has 0 heterocycles. The summed E-state index contributed by atoms with van der Waals surface area (Å²) in [5, 5.41) is 10.8. The van der Waals surface area contributed by atoms with E-state index >= 15 is 0 Å². The molecule has 1 aliphatic rings. The normalized spacial score (nSPS) is 21.5. The van der Waals surface area contributed by atoms with Crippen LogP contribution < -0.4 is 16.0 Å². The Kier molecular flexibility index (Phi) is 3.93. The second-order valence-corrected chi connectivity index (χ2v) is 6.40. The predicted octanol–water partition coefficient (Wildman–Crippen LogP) is 0.957. The number of sulfonamides is 1. The summed E-state index contributed by atoms with van der Waals surface area (Å²) in [5.74, 6) is 5.59. The second-order valence-electron chi connectivity index (χ2n) is 4.71. The first kappa shape index (κ1) is 14.7. The lowest BCUT2D eigenvalue weighted by molar-refractivity contribution is -0.385. The van der Waals surface area contributed by atoms with Crippen LogP contribution in [0.4, 0.5) is 11.4 Å². The lowest BCUT2D eigenvalue weighted by Gasteiger charge is -2.10. The first-order valence-electron chi connectivity index (χ1n) is 6.16. The molecule has 0 aromatic heterocycles. The number of nitrogen functional groups attached to an aromatic ring is 1. The van der Waals surface area contributed by atoms with Gasteiger partial charge in [-0.1, -0.05) is 13.3 Å². The number of nitrogens with zero attached hydrogens (tertiary/aromatic N) is 1. The zero-order valence-electron chi connectivity index (χ0n) is 10.9. The van der Waals surface area contributed by atoms with E-state index in [9.17, 15) is 18.5 Å². The van der Waals surface area contributed by atoms with E-state index < -0.39 is 14.9 Å². The third kappa shape index (κ3) is 2.89. The number of rotatable bonds is 6. The van der Waals surface area contributed by atoms with Gasteiger partial charge in [-0.25, -0.2) is 13.1 Å². The molecule has 0 spiro atoms. The zero-order chi connectivity index (χ0) is 14.9. The molecule has 20 heavy (non-hydrogen) atoms. The molecule has 9 heteroatoms. The quantitative estimate of drug-likeness (QED) is 0.408. The highest BCUT2D eigenvalue weighted by atomic mass is 32.2. The van der Waals surface area contributed by atoms with Crippen LogP contribution in [0.3, 0.4) is 0 Å². The summed E-state index contributed by atoms with van der Waals surface area (Å²) in [4.78, 5) is 9.89. The molecule has 1 aliphatic carbocycles. The fraction of sp³-hybridized carbons (Fsp3) is 0.455. The number of nitro groups is 1. The van der Waals surface area contributed by atoms with Gasteiger partial charge in [0.2, 0.25) is 10.0 Å². The number of nitrogens with two attached hydrogens (primary N) is 1. The van der Waals surface area contributed by atoms with Crippen molar-refractivity contribution >= 4 is 21.4 Å². The zero-order valence-corrected chi connectivity index (χ0v) is 11.7. The smallest absolute Gasteiger partial charge is 0.270 e. The molecule has 2 unspecified atom stereocenters. The highest BCUT2D eigenvalue weighted by Crippen LogP contribution is 2.35. The summed E-state index contributed by atoms with van der Waals surface area (Å²) in [6, 6.07) is 3.37. The van der Waals surface area contributed by atoms with Gasteiger partial charge in [-0.3, -0.25) is 16.0 Å². The maximum absolute atomic E-state index is 12.3. The minimum atomic E-state index is -3.84. The molecule has 110 valence electrons. The molecule has 0 saturated heterocycles. The number of nitrogens with one attached hydrogen (secondary N) is 2. The molecule has 0 bridgehead atoms. The number of hydrogen-bond donors (Lipinski definition) is 3. The molecule has 0 radical (unpaired) electrons. The van der Waals surface area contributed by atoms with E-state index in [-0.39, 0.29) is 22.3 Å². The average Bonchev–Trinajstić information content (AvgIpc) is 3.15. The van der Waals surface area contributed by atoms with Crippen LogP contribution in [0.15, 0.2) is 23.1 Å². The molecule has 1 aromatic carbocycles. The summed E-state index contributed by atoms with van der Waals surface area (Å²) < 4.78 is 27.1. The number of benzene rings is 1. The number of anilines is 1. The van der Waals surface area contributed by atoms with Crippen molar-refractivity contribution in [2.45, 2.75) is 30.7 Å². The van der Waals surface area contributed by atoms with Crippen molar-refractivity contribution in [3.63, 3.8) is 0 Å².